The molecule has 0 bridgehead atoms. The second-order valence-corrected chi connectivity index (χ2v) is 25.0. The molecular formula is C31H51FN4OSSnY-2. The largest absolute Gasteiger partial charge is 0 e. The van der Waals surface area contributed by atoms with E-state index in [9.17, 15) is 0 Å². The molecule has 0 N–H and O–H groups in total. The minimum atomic E-state index is -3.22. The van der Waals surface area contributed by atoms with Crippen LogP contribution >= 0.6 is 11.8 Å². The fraction of sp³-hybridized carbons (Fsp3) is 0.710. The first kappa shape index (κ1) is 36.5. The molecule has 40 heavy (non-hydrogen) atoms. The number of anilines is 1. The second-order valence-electron chi connectivity index (χ2n) is 11.3. The van der Waals surface area contributed by atoms with E-state index in [2.05, 4.69) is 39.5 Å². The van der Waals surface area contributed by atoms with Gasteiger partial charge in [-0.2, -0.15) is 0 Å². The van der Waals surface area contributed by atoms with Gasteiger partial charge < -0.3 is 0 Å². The SMILES string of the molecule is [CH2-]CCCCC1COc2n[c]([Sn]([CH2]CCC)([CH2]CCC)[CH2]CCC)c(F)c3nc(SC)nc(c23)N(CC[CH2-])C1.[Y]. The predicted octanol–water partition coefficient (Wildman–Crippen LogP) is 8.37. The van der Waals surface area contributed by atoms with Gasteiger partial charge in [-0.3, -0.25) is 0 Å². The van der Waals surface area contributed by atoms with Gasteiger partial charge in [-0.05, 0) is 0 Å². The summed E-state index contributed by atoms with van der Waals surface area (Å²) >= 11 is -1.74. The smallest absolute Gasteiger partial charge is 0 e. The first-order valence-corrected chi connectivity index (χ1v) is 24.1. The number of aromatic nitrogens is 3. The van der Waals surface area contributed by atoms with Gasteiger partial charge in [0.25, 0.3) is 0 Å². The molecule has 223 valence electrons. The van der Waals surface area contributed by atoms with E-state index in [1.54, 1.807) is 0 Å². The normalized spacial score (nSPS) is 15.5. The van der Waals surface area contributed by atoms with Crippen LogP contribution in [0.3, 0.4) is 0 Å². The monoisotopic (exact) mass is 755 g/mol. The van der Waals surface area contributed by atoms with Gasteiger partial charge >= 0.3 is 247 Å². The van der Waals surface area contributed by atoms with E-state index in [0.717, 1.165) is 107 Å². The Kier molecular flexibility index (Phi) is 17.2. The molecule has 3 rings (SSSR count). The molecule has 2 aromatic rings. The first-order chi connectivity index (χ1) is 19.0. The fourth-order valence-corrected chi connectivity index (χ4v) is 22.0. The maximum Gasteiger partial charge on any atom is 0 e. The Bertz CT molecular complexity index is 1020. The van der Waals surface area contributed by atoms with Crippen molar-refractivity contribution in [3.8, 4) is 5.88 Å². The standard InChI is InChI=1S/C19H24FN4OS.3C4H9.Sn.Y/c1-4-6-7-8-13-11-24(9-5-2)17-15-16(22-19(23-17)26-3)14(20)10-21-18(15)25-12-13;3*1-3-4-2;;/h13H,1-2,4-9,11-12H2,3H3;3*1,3-4H2,2H3;;/q-2;;;;;. The maximum absolute atomic E-state index is 16.9. The van der Waals surface area contributed by atoms with E-state index < -0.39 is 18.4 Å². The van der Waals surface area contributed by atoms with Crippen molar-refractivity contribution >= 4 is 50.6 Å². The van der Waals surface area contributed by atoms with Crippen LogP contribution in [0.15, 0.2) is 5.16 Å². The predicted molar refractivity (Wildman–Crippen MR) is 169 cm³/mol. The third-order valence-corrected chi connectivity index (χ3v) is 23.8. The third kappa shape index (κ3) is 9.14. The fourth-order valence-electron chi connectivity index (χ4n) is 5.98. The Balaban J connectivity index is 0.00000560. The van der Waals surface area contributed by atoms with Gasteiger partial charge in [0.2, 0.25) is 0 Å². The van der Waals surface area contributed by atoms with Crippen LogP contribution in [0.2, 0.25) is 13.3 Å². The summed E-state index contributed by atoms with van der Waals surface area (Å²) in [7, 11) is 0. The van der Waals surface area contributed by atoms with Crippen LogP contribution < -0.4 is 13.3 Å². The van der Waals surface area contributed by atoms with Crippen LogP contribution in [0.25, 0.3) is 10.9 Å². The molecule has 9 heteroatoms. The Labute approximate surface area is 277 Å². The summed E-state index contributed by atoms with van der Waals surface area (Å²) in [6.07, 6.45) is 13.8. The van der Waals surface area contributed by atoms with Crippen LogP contribution in [0.5, 0.6) is 5.88 Å². The molecule has 1 unspecified atom stereocenters. The number of ether oxygens (including phenoxy) is 1. The second kappa shape index (κ2) is 18.8. The number of hydrogen-bond acceptors (Lipinski definition) is 6. The zero-order valence-electron chi connectivity index (χ0n) is 25.6. The Morgan fingerprint density at radius 1 is 0.950 bits per heavy atom. The molecule has 1 radical (unpaired) electrons. The third-order valence-electron chi connectivity index (χ3n) is 8.20. The molecular weight excluding hydrogens is 703 g/mol. The summed E-state index contributed by atoms with van der Waals surface area (Å²) in [6.45, 7) is 17.1. The van der Waals surface area contributed by atoms with Crippen molar-refractivity contribution in [1.82, 2.24) is 15.0 Å². The number of unbranched alkanes of at least 4 members (excludes halogenated alkanes) is 5. The van der Waals surface area contributed by atoms with E-state index in [1.165, 1.54) is 11.8 Å². The van der Waals surface area contributed by atoms with Crippen molar-refractivity contribution in [2.45, 2.75) is 110 Å². The van der Waals surface area contributed by atoms with E-state index in [0.29, 0.717) is 34.5 Å². The minimum absolute atomic E-state index is 0. The summed E-state index contributed by atoms with van der Waals surface area (Å²) < 4.78 is 27.7. The Hall–Kier alpha value is 0.273. The van der Waals surface area contributed by atoms with Crippen molar-refractivity contribution < 1.29 is 41.8 Å². The van der Waals surface area contributed by atoms with Crippen LogP contribution in [0.4, 0.5) is 10.2 Å². The van der Waals surface area contributed by atoms with Gasteiger partial charge in [-0.15, -0.1) is 0 Å². The zero-order valence-corrected chi connectivity index (χ0v) is 32.1. The van der Waals surface area contributed by atoms with Crippen LogP contribution in [-0.2, 0) is 32.7 Å². The molecule has 0 amide bonds. The molecule has 0 spiro atoms. The van der Waals surface area contributed by atoms with Gasteiger partial charge in [0.05, 0.1) is 0 Å². The van der Waals surface area contributed by atoms with E-state index in [1.807, 2.05) is 6.26 Å². The van der Waals surface area contributed by atoms with Gasteiger partial charge in [-0.25, -0.2) is 0 Å². The number of thioether (sulfide) groups is 1. The first-order valence-electron chi connectivity index (χ1n) is 15.4. The van der Waals surface area contributed by atoms with Crippen LogP contribution in [0, 0.1) is 25.6 Å². The zero-order chi connectivity index (χ0) is 28.3. The number of pyridine rings is 1. The number of nitrogens with zero attached hydrogens (tertiary/aromatic N) is 4. The van der Waals surface area contributed by atoms with Crippen molar-refractivity contribution in [2.24, 2.45) is 5.92 Å². The molecule has 3 heterocycles. The van der Waals surface area contributed by atoms with Crippen molar-refractivity contribution in [3.05, 3.63) is 19.7 Å². The summed E-state index contributed by atoms with van der Waals surface area (Å²) in [5.74, 6) is 1.49. The van der Waals surface area contributed by atoms with Crippen molar-refractivity contribution in [3.63, 3.8) is 0 Å². The molecule has 1 atom stereocenters. The van der Waals surface area contributed by atoms with Gasteiger partial charge in [0.1, 0.15) is 0 Å². The van der Waals surface area contributed by atoms with E-state index in [4.69, 9.17) is 19.7 Å². The van der Waals surface area contributed by atoms with E-state index in [-0.39, 0.29) is 38.5 Å². The van der Waals surface area contributed by atoms with Crippen LogP contribution in [0.1, 0.15) is 91.4 Å². The topological polar surface area (TPSA) is 51.1 Å². The molecule has 5 nitrogen and oxygen atoms in total. The Morgan fingerprint density at radius 3 is 2.15 bits per heavy atom. The summed E-state index contributed by atoms with van der Waals surface area (Å²) in [6, 6.07) is 0. The number of halogens is 1. The molecule has 2 aromatic heterocycles. The van der Waals surface area contributed by atoms with Crippen LogP contribution in [-0.4, -0.2) is 59.3 Å². The molecule has 0 aliphatic carbocycles. The number of rotatable bonds is 17. The van der Waals surface area contributed by atoms with Crippen molar-refractivity contribution in [2.75, 3.05) is 30.9 Å². The summed E-state index contributed by atoms with van der Waals surface area (Å²) in [5.41, 5.74) is 0.416. The Morgan fingerprint density at radius 2 is 1.60 bits per heavy atom. The summed E-state index contributed by atoms with van der Waals surface area (Å²) in [4.78, 5) is 17.2. The van der Waals surface area contributed by atoms with E-state index >= 15 is 4.39 Å². The minimum Gasteiger partial charge on any atom is 0 e. The molecule has 0 fully saturated rings. The molecule has 0 aromatic carbocycles. The molecule has 1 aliphatic heterocycles. The summed E-state index contributed by atoms with van der Waals surface area (Å²) in [5, 5.41) is 1.26. The van der Waals surface area contributed by atoms with Gasteiger partial charge in [-0.1, -0.05) is 0 Å². The molecule has 0 saturated carbocycles. The molecule has 1 aliphatic rings. The quantitative estimate of drug-likeness (QED) is 0.0532. The molecule has 0 saturated heterocycles. The number of hydrogen-bond donors (Lipinski definition) is 0. The van der Waals surface area contributed by atoms with Crippen molar-refractivity contribution in [1.29, 1.82) is 0 Å². The maximum atomic E-state index is 16.9. The van der Waals surface area contributed by atoms with Gasteiger partial charge in [0, 0.05) is 32.7 Å². The average molecular weight is 754 g/mol. The van der Waals surface area contributed by atoms with Gasteiger partial charge in [0.15, 0.2) is 0 Å². The average Bonchev–Trinajstić information content (AvgIpc) is 2.95.